The number of rotatable bonds is 5. The quantitative estimate of drug-likeness (QED) is 0.373. The number of carbonyl (C=O) groups is 2. The predicted molar refractivity (Wildman–Crippen MR) is 69.6 cm³/mol. The second-order valence-corrected chi connectivity index (χ2v) is 3.86. The van der Waals surface area contributed by atoms with Crippen LogP contribution in [0.4, 0.5) is 0 Å². The number of esters is 1. The molecule has 0 radical (unpaired) electrons. The van der Waals surface area contributed by atoms with Gasteiger partial charge in [0, 0.05) is 5.56 Å². The van der Waals surface area contributed by atoms with E-state index in [2.05, 4.69) is 15.3 Å². The van der Waals surface area contributed by atoms with Gasteiger partial charge in [0.15, 0.2) is 11.5 Å². The number of carbonyl (C=O) groups excluding carboxylic acids is 2. The van der Waals surface area contributed by atoms with Crippen LogP contribution < -0.4 is 14.9 Å². The van der Waals surface area contributed by atoms with Crippen LogP contribution >= 0.6 is 0 Å². The summed E-state index contributed by atoms with van der Waals surface area (Å²) in [5.74, 6) is 0.0877. The lowest BCUT2D eigenvalue weighted by atomic mass is 10.2. The van der Waals surface area contributed by atoms with Gasteiger partial charge in [0.05, 0.1) is 12.8 Å². The van der Waals surface area contributed by atoms with Crippen molar-refractivity contribution in [2.24, 2.45) is 5.10 Å². The first-order valence-corrected chi connectivity index (χ1v) is 6.07. The fourth-order valence-electron chi connectivity index (χ4n) is 1.61. The Hall–Kier alpha value is -2.57. The van der Waals surface area contributed by atoms with Gasteiger partial charge in [-0.2, -0.15) is 5.10 Å². The number of nitrogens with zero attached hydrogens (tertiary/aromatic N) is 1. The van der Waals surface area contributed by atoms with Gasteiger partial charge in [0.2, 0.25) is 6.79 Å². The molecule has 0 atom stereocenters. The Morgan fingerprint density at radius 2 is 2.30 bits per heavy atom. The highest BCUT2D eigenvalue weighted by molar-refractivity contribution is 5.95. The molecule has 2 rings (SSSR count). The summed E-state index contributed by atoms with van der Waals surface area (Å²) in [7, 11) is 0. The molecule has 20 heavy (non-hydrogen) atoms. The van der Waals surface area contributed by atoms with Gasteiger partial charge >= 0.3 is 5.97 Å². The van der Waals surface area contributed by atoms with Crippen molar-refractivity contribution in [1.29, 1.82) is 0 Å². The van der Waals surface area contributed by atoms with Crippen molar-refractivity contribution in [3.05, 3.63) is 23.8 Å². The minimum Gasteiger partial charge on any atom is -0.466 e. The summed E-state index contributed by atoms with van der Waals surface area (Å²) >= 11 is 0. The summed E-state index contributed by atoms with van der Waals surface area (Å²) < 4.78 is 15.1. The Morgan fingerprint density at radius 3 is 3.10 bits per heavy atom. The van der Waals surface area contributed by atoms with Crippen LogP contribution in [0.2, 0.25) is 0 Å². The third kappa shape index (κ3) is 3.47. The smallest absolute Gasteiger partial charge is 0.315 e. The Bertz CT molecular complexity index is 542. The molecule has 7 nitrogen and oxygen atoms in total. The van der Waals surface area contributed by atoms with Crippen molar-refractivity contribution in [1.82, 2.24) is 5.43 Å². The minimum atomic E-state index is -0.586. The van der Waals surface area contributed by atoms with Gasteiger partial charge in [-0.3, -0.25) is 9.59 Å². The van der Waals surface area contributed by atoms with E-state index in [1.807, 2.05) is 0 Å². The molecule has 0 fully saturated rings. The molecule has 0 aromatic heterocycles. The third-order valence-electron chi connectivity index (χ3n) is 2.43. The Kier molecular flexibility index (Phi) is 4.54. The number of para-hydroxylation sites is 1. The molecule has 1 aromatic carbocycles. The lowest BCUT2D eigenvalue weighted by molar-refractivity contribution is -0.145. The van der Waals surface area contributed by atoms with Gasteiger partial charge in [-0.1, -0.05) is 6.07 Å². The van der Waals surface area contributed by atoms with E-state index in [0.717, 1.165) is 0 Å². The Labute approximate surface area is 115 Å². The maximum Gasteiger partial charge on any atom is 0.315 e. The van der Waals surface area contributed by atoms with Crippen LogP contribution in [0.25, 0.3) is 0 Å². The van der Waals surface area contributed by atoms with Crippen LogP contribution in [0, 0.1) is 0 Å². The SMILES string of the molecule is CCOC(=O)CC(=O)N/N=C/c1cccc2c1OCO2. The third-order valence-corrected chi connectivity index (χ3v) is 2.43. The highest BCUT2D eigenvalue weighted by Gasteiger charge is 2.16. The summed E-state index contributed by atoms with van der Waals surface area (Å²) in [5.41, 5.74) is 2.92. The van der Waals surface area contributed by atoms with Gasteiger partial charge in [-0.15, -0.1) is 0 Å². The first-order chi connectivity index (χ1) is 9.70. The number of ether oxygens (including phenoxy) is 3. The van der Waals surface area contributed by atoms with Crippen molar-refractivity contribution in [2.45, 2.75) is 13.3 Å². The lowest BCUT2D eigenvalue weighted by Crippen LogP contribution is -2.22. The molecule has 0 saturated heterocycles. The second-order valence-electron chi connectivity index (χ2n) is 3.86. The van der Waals surface area contributed by atoms with E-state index < -0.39 is 11.9 Å². The normalized spacial score (nSPS) is 12.4. The van der Waals surface area contributed by atoms with Crippen LogP contribution in [0.3, 0.4) is 0 Å². The average molecular weight is 278 g/mol. The molecule has 0 bridgehead atoms. The van der Waals surface area contributed by atoms with Crippen molar-refractivity contribution >= 4 is 18.1 Å². The largest absolute Gasteiger partial charge is 0.466 e. The Morgan fingerprint density at radius 1 is 1.45 bits per heavy atom. The van der Waals surface area contributed by atoms with Crippen LogP contribution in [0.5, 0.6) is 11.5 Å². The summed E-state index contributed by atoms with van der Waals surface area (Å²) in [6, 6.07) is 5.34. The van der Waals surface area contributed by atoms with E-state index in [9.17, 15) is 9.59 Å². The molecule has 0 saturated carbocycles. The maximum absolute atomic E-state index is 11.4. The fourth-order valence-corrected chi connectivity index (χ4v) is 1.61. The maximum atomic E-state index is 11.4. The molecule has 1 N–H and O–H groups in total. The highest BCUT2D eigenvalue weighted by atomic mass is 16.7. The molecule has 106 valence electrons. The standard InChI is InChI=1S/C13H14N2O5/c1-2-18-12(17)6-11(16)15-14-7-9-4-3-5-10-13(9)20-8-19-10/h3-5,7H,2,6,8H2,1H3,(H,15,16)/b14-7+. The van der Waals surface area contributed by atoms with Gasteiger partial charge in [-0.05, 0) is 19.1 Å². The van der Waals surface area contributed by atoms with Crippen molar-refractivity contribution in [3.63, 3.8) is 0 Å². The minimum absolute atomic E-state index is 0.162. The van der Waals surface area contributed by atoms with Crippen LogP contribution in [0.15, 0.2) is 23.3 Å². The molecular formula is C13H14N2O5. The summed E-state index contributed by atoms with van der Waals surface area (Å²) in [6.45, 7) is 2.07. The van der Waals surface area contributed by atoms with E-state index in [1.54, 1.807) is 25.1 Å². The summed E-state index contributed by atoms with van der Waals surface area (Å²) in [4.78, 5) is 22.4. The fraction of sp³-hybridized carbons (Fsp3) is 0.308. The van der Waals surface area contributed by atoms with Crippen LogP contribution in [-0.2, 0) is 14.3 Å². The van der Waals surface area contributed by atoms with Crippen molar-refractivity contribution < 1.29 is 23.8 Å². The molecular weight excluding hydrogens is 264 g/mol. The molecule has 1 aliphatic rings. The number of amides is 1. The first kappa shape index (κ1) is 13.9. The number of fused-ring (bicyclic) bond motifs is 1. The summed E-state index contributed by atoms with van der Waals surface area (Å²) in [5, 5.41) is 3.76. The average Bonchev–Trinajstić information content (AvgIpc) is 2.88. The van der Waals surface area contributed by atoms with Crippen LogP contribution in [0.1, 0.15) is 18.9 Å². The Balaban J connectivity index is 1.89. The zero-order valence-corrected chi connectivity index (χ0v) is 10.9. The lowest BCUT2D eigenvalue weighted by Gasteiger charge is -2.01. The molecule has 1 heterocycles. The van der Waals surface area contributed by atoms with E-state index >= 15 is 0 Å². The van der Waals surface area contributed by atoms with Gasteiger partial charge < -0.3 is 14.2 Å². The van der Waals surface area contributed by atoms with Gasteiger partial charge in [0.1, 0.15) is 6.42 Å². The number of hydrogen-bond donors (Lipinski definition) is 1. The van der Waals surface area contributed by atoms with E-state index in [0.29, 0.717) is 17.1 Å². The van der Waals surface area contributed by atoms with Gasteiger partial charge in [0.25, 0.3) is 5.91 Å². The monoisotopic (exact) mass is 278 g/mol. The molecule has 7 heteroatoms. The topological polar surface area (TPSA) is 86.2 Å². The second kappa shape index (κ2) is 6.55. The molecule has 0 aliphatic carbocycles. The zero-order valence-electron chi connectivity index (χ0n) is 10.9. The molecule has 0 unspecified atom stereocenters. The molecule has 1 aromatic rings. The van der Waals surface area contributed by atoms with Crippen molar-refractivity contribution in [3.8, 4) is 11.5 Å². The predicted octanol–water partition coefficient (Wildman–Crippen LogP) is 0.819. The number of nitrogens with one attached hydrogen (secondary N) is 1. The number of hydrazone groups is 1. The number of benzene rings is 1. The molecule has 1 amide bonds. The molecule has 0 spiro atoms. The summed E-state index contributed by atoms with van der Waals surface area (Å²) in [6.07, 6.45) is 1.06. The highest BCUT2D eigenvalue weighted by Crippen LogP contribution is 2.34. The van der Waals surface area contributed by atoms with E-state index in [4.69, 9.17) is 9.47 Å². The van der Waals surface area contributed by atoms with E-state index in [1.165, 1.54) is 6.21 Å². The zero-order chi connectivity index (χ0) is 14.4. The first-order valence-electron chi connectivity index (χ1n) is 6.07. The molecule has 1 aliphatic heterocycles. The van der Waals surface area contributed by atoms with E-state index in [-0.39, 0.29) is 19.8 Å². The number of hydrogen-bond acceptors (Lipinski definition) is 6. The van der Waals surface area contributed by atoms with Crippen LogP contribution in [-0.4, -0.2) is 31.5 Å². The van der Waals surface area contributed by atoms with Crippen molar-refractivity contribution in [2.75, 3.05) is 13.4 Å². The van der Waals surface area contributed by atoms with Gasteiger partial charge in [-0.25, -0.2) is 5.43 Å².